The van der Waals surface area contributed by atoms with Crippen LogP contribution in [0.25, 0.3) is 0 Å². The van der Waals surface area contributed by atoms with Gasteiger partial charge in [-0.2, -0.15) is 0 Å². The Morgan fingerprint density at radius 1 is 1.28 bits per heavy atom. The highest BCUT2D eigenvalue weighted by Gasteiger charge is 2.25. The van der Waals surface area contributed by atoms with Crippen LogP contribution in [0.1, 0.15) is 21.7 Å². The molecule has 2 aromatic rings. The molecule has 0 N–H and O–H groups in total. The number of carbonyl (C=O) groups is 1. The Morgan fingerprint density at radius 3 is 2.56 bits per heavy atom. The Bertz CT molecular complexity index is 916. The van der Waals surface area contributed by atoms with E-state index in [2.05, 4.69) is 0 Å². The normalized spacial score (nSPS) is 11.5. The number of nitro groups is 1. The summed E-state index contributed by atoms with van der Waals surface area (Å²) in [5.41, 5.74) is -0.116. The Kier molecular flexibility index (Phi) is 5.24. The van der Waals surface area contributed by atoms with E-state index in [1.807, 2.05) is 0 Å². The van der Waals surface area contributed by atoms with E-state index in [0.29, 0.717) is 5.56 Å². The molecule has 0 radical (unpaired) electrons. The second kappa shape index (κ2) is 7.03. The lowest BCUT2D eigenvalue weighted by Crippen LogP contribution is -2.21. The fraction of sp³-hybridized carbons (Fsp3) is 0.267. The zero-order valence-electron chi connectivity index (χ0n) is 13.8. The van der Waals surface area contributed by atoms with E-state index in [0.717, 1.165) is 4.31 Å². The van der Waals surface area contributed by atoms with Gasteiger partial charge in [0.25, 0.3) is 15.7 Å². The van der Waals surface area contributed by atoms with Gasteiger partial charge in [0.05, 0.1) is 4.92 Å². The average molecular weight is 368 g/mol. The molecule has 1 aromatic heterocycles. The third-order valence-corrected chi connectivity index (χ3v) is 5.06. The zero-order valence-corrected chi connectivity index (χ0v) is 14.6. The SMILES string of the molecule is Cc1cccc([N+](=O)[O-])c1C(=O)OCc1ccc(S(=O)(=O)N(C)C)o1. The van der Waals surface area contributed by atoms with Crippen molar-refractivity contribution in [1.29, 1.82) is 0 Å². The minimum atomic E-state index is -3.73. The fourth-order valence-corrected chi connectivity index (χ4v) is 2.85. The van der Waals surface area contributed by atoms with Gasteiger partial charge < -0.3 is 9.15 Å². The van der Waals surface area contributed by atoms with Crippen molar-refractivity contribution in [2.45, 2.75) is 18.6 Å². The first-order valence-corrected chi connectivity index (χ1v) is 8.51. The molecule has 0 unspecified atom stereocenters. The predicted molar refractivity (Wildman–Crippen MR) is 86.5 cm³/mol. The van der Waals surface area contributed by atoms with Crippen molar-refractivity contribution in [2.75, 3.05) is 14.1 Å². The fourth-order valence-electron chi connectivity index (χ4n) is 2.03. The van der Waals surface area contributed by atoms with Crippen LogP contribution < -0.4 is 0 Å². The molecule has 0 atom stereocenters. The van der Waals surface area contributed by atoms with Gasteiger partial charge in [-0.05, 0) is 24.6 Å². The molecular formula is C15H16N2O7S. The number of sulfonamides is 1. The van der Waals surface area contributed by atoms with Gasteiger partial charge in [0.15, 0.2) is 0 Å². The molecule has 0 amide bonds. The number of hydrogen-bond donors (Lipinski definition) is 0. The molecule has 134 valence electrons. The predicted octanol–water partition coefficient (Wildman–Crippen LogP) is 2.10. The van der Waals surface area contributed by atoms with E-state index in [1.165, 1.54) is 38.4 Å². The maximum Gasteiger partial charge on any atom is 0.345 e. The summed E-state index contributed by atoms with van der Waals surface area (Å²) >= 11 is 0. The molecular weight excluding hydrogens is 352 g/mol. The topological polar surface area (TPSA) is 120 Å². The lowest BCUT2D eigenvalue weighted by Gasteiger charge is -2.08. The molecule has 0 spiro atoms. The molecule has 0 aliphatic carbocycles. The molecule has 25 heavy (non-hydrogen) atoms. The summed E-state index contributed by atoms with van der Waals surface area (Å²) in [5, 5.41) is 10.8. The van der Waals surface area contributed by atoms with Crippen molar-refractivity contribution in [3.63, 3.8) is 0 Å². The van der Waals surface area contributed by atoms with E-state index >= 15 is 0 Å². The first kappa shape index (κ1) is 18.6. The van der Waals surface area contributed by atoms with E-state index in [4.69, 9.17) is 9.15 Å². The van der Waals surface area contributed by atoms with Crippen molar-refractivity contribution < 1.29 is 27.3 Å². The van der Waals surface area contributed by atoms with E-state index in [-0.39, 0.29) is 28.7 Å². The summed E-state index contributed by atoms with van der Waals surface area (Å²) < 4.78 is 35.0. The average Bonchev–Trinajstić information content (AvgIpc) is 3.01. The van der Waals surface area contributed by atoms with Crippen molar-refractivity contribution >= 4 is 21.7 Å². The lowest BCUT2D eigenvalue weighted by molar-refractivity contribution is -0.385. The number of rotatable bonds is 6. The summed E-state index contributed by atoms with van der Waals surface area (Å²) in [6, 6.07) is 6.83. The Morgan fingerprint density at radius 2 is 1.96 bits per heavy atom. The molecule has 10 heteroatoms. The third kappa shape index (κ3) is 3.86. The standard InChI is InChI=1S/C15H16N2O7S/c1-10-5-4-6-12(17(19)20)14(10)15(18)23-9-11-7-8-13(24-11)25(21,22)16(2)3/h4-8H,9H2,1-3H3. The van der Waals surface area contributed by atoms with Gasteiger partial charge in [0.1, 0.15) is 17.9 Å². The molecule has 0 saturated carbocycles. The number of benzene rings is 1. The number of aryl methyl sites for hydroxylation is 1. The summed E-state index contributed by atoms with van der Waals surface area (Å²) in [5.74, 6) is -0.789. The second-order valence-corrected chi connectivity index (χ2v) is 7.39. The van der Waals surface area contributed by atoms with Gasteiger partial charge in [-0.3, -0.25) is 10.1 Å². The summed E-state index contributed by atoms with van der Waals surface area (Å²) in [6.45, 7) is 1.20. The second-order valence-electron chi connectivity index (χ2n) is 5.31. The number of carbonyl (C=O) groups excluding carboxylic acids is 1. The van der Waals surface area contributed by atoms with Crippen LogP contribution in [0, 0.1) is 17.0 Å². The van der Waals surface area contributed by atoms with Crippen LogP contribution in [-0.4, -0.2) is 37.7 Å². The maximum absolute atomic E-state index is 12.2. The number of furan rings is 1. The van der Waals surface area contributed by atoms with Gasteiger partial charge in [-0.15, -0.1) is 0 Å². The van der Waals surface area contributed by atoms with E-state index in [9.17, 15) is 23.3 Å². The minimum absolute atomic E-state index is 0.102. The molecule has 0 aliphatic rings. The van der Waals surface area contributed by atoms with Crippen LogP contribution in [-0.2, 0) is 21.4 Å². The first-order chi connectivity index (χ1) is 11.6. The summed E-state index contributed by atoms with van der Waals surface area (Å²) in [4.78, 5) is 22.6. The molecule has 1 aromatic carbocycles. The smallest absolute Gasteiger partial charge is 0.345 e. The first-order valence-electron chi connectivity index (χ1n) is 7.07. The van der Waals surface area contributed by atoms with E-state index in [1.54, 1.807) is 13.0 Å². The van der Waals surface area contributed by atoms with Crippen molar-refractivity contribution in [3.8, 4) is 0 Å². The molecule has 2 rings (SSSR count). The van der Waals surface area contributed by atoms with Gasteiger partial charge >= 0.3 is 5.97 Å². The largest absolute Gasteiger partial charge is 0.454 e. The molecule has 0 fully saturated rings. The van der Waals surface area contributed by atoms with Crippen molar-refractivity contribution in [3.05, 3.63) is 57.3 Å². The van der Waals surface area contributed by atoms with Gasteiger partial charge in [0, 0.05) is 20.2 Å². The van der Waals surface area contributed by atoms with Gasteiger partial charge in [0.2, 0.25) is 5.09 Å². The van der Waals surface area contributed by atoms with Gasteiger partial charge in [-0.1, -0.05) is 12.1 Å². The molecule has 0 bridgehead atoms. The van der Waals surface area contributed by atoms with Crippen LogP contribution in [0.2, 0.25) is 0 Å². The minimum Gasteiger partial charge on any atom is -0.454 e. The van der Waals surface area contributed by atoms with Crippen LogP contribution in [0.15, 0.2) is 39.8 Å². The highest BCUT2D eigenvalue weighted by molar-refractivity contribution is 7.88. The van der Waals surface area contributed by atoms with Crippen LogP contribution in [0.5, 0.6) is 0 Å². The number of hydrogen-bond acceptors (Lipinski definition) is 7. The molecule has 9 nitrogen and oxygen atoms in total. The Hall–Kier alpha value is -2.72. The van der Waals surface area contributed by atoms with E-state index < -0.39 is 20.9 Å². The van der Waals surface area contributed by atoms with Crippen LogP contribution >= 0.6 is 0 Å². The summed E-state index contributed by atoms with van der Waals surface area (Å²) in [7, 11) is -1.02. The number of nitrogens with zero attached hydrogens (tertiary/aromatic N) is 2. The zero-order chi connectivity index (χ0) is 18.8. The molecule has 1 heterocycles. The monoisotopic (exact) mass is 368 g/mol. The van der Waals surface area contributed by atoms with Gasteiger partial charge in [-0.25, -0.2) is 17.5 Å². The number of esters is 1. The third-order valence-electron chi connectivity index (χ3n) is 3.37. The highest BCUT2D eigenvalue weighted by atomic mass is 32.2. The van der Waals surface area contributed by atoms with Crippen LogP contribution in [0.4, 0.5) is 5.69 Å². The Labute approximate surface area is 144 Å². The quantitative estimate of drug-likeness (QED) is 0.435. The Balaban J connectivity index is 2.17. The van der Waals surface area contributed by atoms with Crippen molar-refractivity contribution in [2.24, 2.45) is 0 Å². The maximum atomic E-state index is 12.2. The summed E-state index contributed by atoms with van der Waals surface area (Å²) in [6.07, 6.45) is 0. The highest BCUT2D eigenvalue weighted by Crippen LogP contribution is 2.24. The molecule has 0 saturated heterocycles. The number of nitro benzene ring substituents is 1. The number of ether oxygens (including phenoxy) is 1. The van der Waals surface area contributed by atoms with Crippen molar-refractivity contribution in [1.82, 2.24) is 4.31 Å². The van der Waals surface area contributed by atoms with Crippen LogP contribution in [0.3, 0.4) is 0 Å². The molecule has 0 aliphatic heterocycles. The lowest BCUT2D eigenvalue weighted by atomic mass is 10.1.